The molecule has 1 aliphatic rings. The molecule has 6 heteroatoms. The van der Waals surface area contributed by atoms with Crippen molar-refractivity contribution in [1.29, 1.82) is 0 Å². The minimum absolute atomic E-state index is 0.00670. The highest BCUT2D eigenvalue weighted by atomic mass is 32.2. The van der Waals surface area contributed by atoms with Gasteiger partial charge in [-0.3, -0.25) is 4.79 Å². The number of sulfonamides is 1. The Morgan fingerprint density at radius 3 is 2.39 bits per heavy atom. The van der Waals surface area contributed by atoms with E-state index in [-0.39, 0.29) is 17.7 Å². The van der Waals surface area contributed by atoms with Gasteiger partial charge in [-0.15, -0.1) is 0 Å². The quantitative estimate of drug-likeness (QED) is 0.790. The highest BCUT2D eigenvalue weighted by molar-refractivity contribution is 7.89. The van der Waals surface area contributed by atoms with Crippen LogP contribution in [0.5, 0.6) is 0 Å². The Hall–Kier alpha value is -0.620. The standard InChI is InChI=1S/C12H24N2O3S/c1-3-5-10-18(16,17)13-11-6-8-14(9-7-11)12(15)4-2/h11,13H,3-10H2,1-2H3. The van der Waals surface area contributed by atoms with E-state index in [2.05, 4.69) is 4.72 Å². The number of piperidine rings is 1. The van der Waals surface area contributed by atoms with E-state index < -0.39 is 10.0 Å². The first-order chi connectivity index (χ1) is 8.48. The van der Waals surface area contributed by atoms with Crippen LogP contribution in [0.3, 0.4) is 0 Å². The monoisotopic (exact) mass is 276 g/mol. The van der Waals surface area contributed by atoms with Crippen LogP contribution in [0.25, 0.3) is 0 Å². The van der Waals surface area contributed by atoms with Crippen LogP contribution >= 0.6 is 0 Å². The molecule has 0 unspecified atom stereocenters. The maximum Gasteiger partial charge on any atom is 0.222 e. The van der Waals surface area contributed by atoms with E-state index in [4.69, 9.17) is 0 Å². The van der Waals surface area contributed by atoms with E-state index in [0.717, 1.165) is 19.3 Å². The summed E-state index contributed by atoms with van der Waals surface area (Å²) in [6.07, 6.45) is 3.54. The van der Waals surface area contributed by atoms with Gasteiger partial charge >= 0.3 is 0 Å². The third-order valence-corrected chi connectivity index (χ3v) is 4.78. The summed E-state index contributed by atoms with van der Waals surface area (Å²) in [5.41, 5.74) is 0. The van der Waals surface area contributed by atoms with Gasteiger partial charge in [0.05, 0.1) is 5.75 Å². The Kier molecular flexibility index (Phi) is 6.08. The number of unbranched alkanes of at least 4 members (excludes halogenated alkanes) is 1. The second-order valence-corrected chi connectivity index (χ2v) is 6.67. The lowest BCUT2D eigenvalue weighted by molar-refractivity contribution is -0.131. The molecule has 0 radical (unpaired) electrons. The van der Waals surface area contributed by atoms with Gasteiger partial charge in [0.1, 0.15) is 0 Å². The molecule has 1 rings (SSSR count). The zero-order valence-electron chi connectivity index (χ0n) is 11.3. The second kappa shape index (κ2) is 7.09. The molecule has 1 fully saturated rings. The molecule has 0 bridgehead atoms. The van der Waals surface area contributed by atoms with Gasteiger partial charge in [-0.1, -0.05) is 20.3 Å². The van der Waals surface area contributed by atoms with Gasteiger partial charge < -0.3 is 4.90 Å². The van der Waals surface area contributed by atoms with Gasteiger partial charge in [0.25, 0.3) is 0 Å². The molecule has 106 valence electrons. The molecule has 0 aliphatic carbocycles. The molecule has 0 aromatic carbocycles. The van der Waals surface area contributed by atoms with Gasteiger partial charge in [-0.2, -0.15) is 0 Å². The normalized spacial score (nSPS) is 18.0. The fourth-order valence-corrected chi connectivity index (χ4v) is 3.65. The van der Waals surface area contributed by atoms with E-state index in [1.54, 1.807) is 0 Å². The Labute approximate surface area is 110 Å². The summed E-state index contributed by atoms with van der Waals surface area (Å²) >= 11 is 0. The minimum atomic E-state index is -3.14. The Balaban J connectivity index is 2.37. The lowest BCUT2D eigenvalue weighted by Crippen LogP contribution is -2.46. The number of likely N-dealkylation sites (tertiary alicyclic amines) is 1. The van der Waals surface area contributed by atoms with E-state index in [1.807, 2.05) is 18.7 Å². The third kappa shape index (κ3) is 4.94. The molecule has 0 spiro atoms. The number of rotatable bonds is 6. The first kappa shape index (κ1) is 15.4. The maximum atomic E-state index is 11.7. The molecule has 0 aromatic heterocycles. The SMILES string of the molecule is CCCCS(=O)(=O)NC1CCN(C(=O)CC)CC1. The average Bonchev–Trinajstić information content (AvgIpc) is 2.36. The van der Waals surface area contributed by atoms with Crippen molar-refractivity contribution >= 4 is 15.9 Å². The number of carbonyl (C=O) groups is 1. The van der Waals surface area contributed by atoms with Crippen molar-refractivity contribution in [1.82, 2.24) is 9.62 Å². The van der Waals surface area contributed by atoms with E-state index in [1.165, 1.54) is 0 Å². The van der Waals surface area contributed by atoms with E-state index >= 15 is 0 Å². The molecule has 5 nitrogen and oxygen atoms in total. The second-order valence-electron chi connectivity index (χ2n) is 4.80. The summed E-state index contributed by atoms with van der Waals surface area (Å²) in [7, 11) is -3.14. The van der Waals surface area contributed by atoms with Crippen molar-refractivity contribution in [3.63, 3.8) is 0 Å². The van der Waals surface area contributed by atoms with Crippen molar-refractivity contribution in [3.05, 3.63) is 0 Å². The van der Waals surface area contributed by atoms with Crippen LogP contribution in [0.2, 0.25) is 0 Å². The molecule has 0 saturated carbocycles. The van der Waals surface area contributed by atoms with Crippen LogP contribution < -0.4 is 4.72 Å². The molecule has 1 amide bonds. The summed E-state index contributed by atoms with van der Waals surface area (Å²) < 4.78 is 26.2. The van der Waals surface area contributed by atoms with Crippen LogP contribution in [0, 0.1) is 0 Å². The summed E-state index contributed by atoms with van der Waals surface area (Å²) in [5, 5.41) is 0. The third-order valence-electron chi connectivity index (χ3n) is 3.26. The number of nitrogens with zero attached hydrogens (tertiary/aromatic N) is 1. The summed E-state index contributed by atoms with van der Waals surface area (Å²) in [4.78, 5) is 13.3. The number of carbonyl (C=O) groups excluding carboxylic acids is 1. The predicted molar refractivity (Wildman–Crippen MR) is 71.7 cm³/mol. The predicted octanol–water partition coefficient (Wildman–Crippen LogP) is 1.11. The van der Waals surface area contributed by atoms with Crippen molar-refractivity contribution in [2.75, 3.05) is 18.8 Å². The van der Waals surface area contributed by atoms with Crippen LogP contribution in [-0.2, 0) is 14.8 Å². The molecule has 0 aromatic rings. The van der Waals surface area contributed by atoms with Gasteiger partial charge in [-0.05, 0) is 19.3 Å². The molecule has 1 heterocycles. The van der Waals surface area contributed by atoms with Gasteiger partial charge in [0.15, 0.2) is 0 Å². The number of amides is 1. The molecule has 1 aliphatic heterocycles. The van der Waals surface area contributed by atoms with Crippen LogP contribution in [0.4, 0.5) is 0 Å². The van der Waals surface area contributed by atoms with Crippen molar-refractivity contribution < 1.29 is 13.2 Å². The van der Waals surface area contributed by atoms with E-state index in [0.29, 0.717) is 25.9 Å². The van der Waals surface area contributed by atoms with Gasteiger partial charge in [0, 0.05) is 25.6 Å². The van der Waals surface area contributed by atoms with Crippen molar-refractivity contribution in [2.45, 2.75) is 52.0 Å². The Morgan fingerprint density at radius 2 is 1.89 bits per heavy atom. The van der Waals surface area contributed by atoms with Crippen LogP contribution in [-0.4, -0.2) is 44.1 Å². The molecular weight excluding hydrogens is 252 g/mol. The molecule has 1 saturated heterocycles. The summed E-state index contributed by atoms with van der Waals surface area (Å²) in [6.45, 7) is 5.15. The lowest BCUT2D eigenvalue weighted by Gasteiger charge is -2.32. The average molecular weight is 276 g/mol. The Bertz CT molecular complexity index is 360. The Morgan fingerprint density at radius 1 is 1.28 bits per heavy atom. The smallest absolute Gasteiger partial charge is 0.222 e. The maximum absolute atomic E-state index is 11.7. The molecule has 18 heavy (non-hydrogen) atoms. The van der Waals surface area contributed by atoms with Gasteiger partial charge in [0.2, 0.25) is 15.9 Å². The summed E-state index contributed by atoms with van der Waals surface area (Å²) in [6, 6.07) is -0.00670. The topological polar surface area (TPSA) is 66.5 Å². The van der Waals surface area contributed by atoms with E-state index in [9.17, 15) is 13.2 Å². The fourth-order valence-electron chi connectivity index (χ4n) is 2.12. The highest BCUT2D eigenvalue weighted by Crippen LogP contribution is 2.12. The van der Waals surface area contributed by atoms with Crippen molar-refractivity contribution in [3.8, 4) is 0 Å². The summed E-state index contributed by atoms with van der Waals surface area (Å²) in [5.74, 6) is 0.361. The first-order valence-corrected chi connectivity index (χ1v) is 8.41. The number of hydrogen-bond donors (Lipinski definition) is 1. The van der Waals surface area contributed by atoms with Gasteiger partial charge in [-0.25, -0.2) is 13.1 Å². The molecular formula is C12H24N2O3S. The minimum Gasteiger partial charge on any atom is -0.343 e. The first-order valence-electron chi connectivity index (χ1n) is 6.76. The number of nitrogens with one attached hydrogen (secondary N) is 1. The largest absolute Gasteiger partial charge is 0.343 e. The van der Waals surface area contributed by atoms with Crippen LogP contribution in [0.1, 0.15) is 46.0 Å². The van der Waals surface area contributed by atoms with Crippen molar-refractivity contribution in [2.24, 2.45) is 0 Å². The zero-order valence-corrected chi connectivity index (χ0v) is 12.1. The lowest BCUT2D eigenvalue weighted by atomic mass is 10.1. The zero-order chi connectivity index (χ0) is 13.6. The fraction of sp³-hybridized carbons (Fsp3) is 0.917. The molecule has 1 N–H and O–H groups in total. The highest BCUT2D eigenvalue weighted by Gasteiger charge is 2.24. The molecule has 0 atom stereocenters. The number of hydrogen-bond acceptors (Lipinski definition) is 3. The van der Waals surface area contributed by atoms with Crippen LogP contribution in [0.15, 0.2) is 0 Å².